The molecule has 7 heteroatoms. The first-order valence-corrected chi connectivity index (χ1v) is 9.39. The van der Waals surface area contributed by atoms with Gasteiger partial charge in [-0.25, -0.2) is 4.79 Å². The second kappa shape index (κ2) is 11.4. The Labute approximate surface area is 159 Å². The van der Waals surface area contributed by atoms with Crippen molar-refractivity contribution in [3.8, 4) is 0 Å². The van der Waals surface area contributed by atoms with Crippen LogP contribution in [0.1, 0.15) is 63.9 Å². The zero-order chi connectivity index (χ0) is 20.3. The maximum absolute atomic E-state index is 12.3. The molecular weight excluding hydrogens is 350 g/mol. The molecule has 0 saturated heterocycles. The number of nitro benzene ring substituents is 1. The molecule has 1 rings (SSSR count). The number of methoxy groups -OCH3 is 1. The van der Waals surface area contributed by atoms with Crippen molar-refractivity contribution in [1.82, 2.24) is 0 Å². The Hall–Kier alpha value is -2.28. The number of unbranched alkanes of at least 4 members (excludes halogenated alkanes) is 5. The fraction of sp³-hybridized carbons (Fsp3) is 0.600. The minimum atomic E-state index is -2.11. The lowest BCUT2D eigenvalue weighted by Gasteiger charge is -2.24. The first kappa shape index (κ1) is 22.8. The summed E-state index contributed by atoms with van der Waals surface area (Å²) in [6.45, 7) is 2.13. The van der Waals surface area contributed by atoms with Gasteiger partial charge in [-0.15, -0.1) is 0 Å². The van der Waals surface area contributed by atoms with Gasteiger partial charge in [-0.2, -0.15) is 0 Å². The molecule has 1 N–H and O–H groups in total. The molecule has 0 spiro atoms. The molecule has 0 radical (unpaired) electrons. The number of carbonyl (C=O) groups is 2. The van der Waals surface area contributed by atoms with E-state index in [1.54, 1.807) is 6.07 Å². The molecule has 7 nitrogen and oxygen atoms in total. The number of hydrogen-bond acceptors (Lipinski definition) is 6. The van der Waals surface area contributed by atoms with Gasteiger partial charge in [0.15, 0.2) is 5.60 Å². The highest BCUT2D eigenvalue weighted by Gasteiger charge is 2.40. The summed E-state index contributed by atoms with van der Waals surface area (Å²) in [5.74, 6) is -1.21. The van der Waals surface area contributed by atoms with Gasteiger partial charge in [0.05, 0.1) is 12.0 Å². The molecule has 0 heterocycles. The molecule has 0 aliphatic carbocycles. The van der Waals surface area contributed by atoms with Crippen molar-refractivity contribution >= 4 is 17.4 Å². The molecule has 27 heavy (non-hydrogen) atoms. The van der Waals surface area contributed by atoms with Crippen molar-refractivity contribution in [2.45, 2.75) is 70.3 Å². The SMILES string of the molecule is CCCCCCCCC(=O)C[C@](O)(Cc1ccccc1[N+](=O)[O-])C(=O)OC. The molecular formula is C20H29NO6. The molecule has 0 saturated carbocycles. The van der Waals surface area contributed by atoms with E-state index in [1.807, 2.05) is 0 Å². The van der Waals surface area contributed by atoms with Crippen molar-refractivity contribution < 1.29 is 24.4 Å². The van der Waals surface area contributed by atoms with E-state index >= 15 is 0 Å². The Bertz CT molecular complexity index is 645. The second-order valence-electron chi connectivity index (χ2n) is 6.82. The van der Waals surface area contributed by atoms with Crippen LogP contribution in [0.4, 0.5) is 5.69 Å². The average Bonchev–Trinajstić information content (AvgIpc) is 2.63. The van der Waals surface area contributed by atoms with Crippen molar-refractivity contribution in [3.05, 3.63) is 39.9 Å². The van der Waals surface area contributed by atoms with E-state index in [9.17, 15) is 24.8 Å². The van der Waals surface area contributed by atoms with E-state index < -0.39 is 22.9 Å². The van der Waals surface area contributed by atoms with Crippen LogP contribution in [0.3, 0.4) is 0 Å². The minimum Gasteiger partial charge on any atom is -0.467 e. The lowest BCUT2D eigenvalue weighted by atomic mass is 9.87. The number of carbonyl (C=O) groups excluding carboxylic acids is 2. The van der Waals surface area contributed by atoms with Gasteiger partial charge >= 0.3 is 5.97 Å². The molecule has 0 amide bonds. The number of nitro groups is 1. The predicted molar refractivity (Wildman–Crippen MR) is 101 cm³/mol. The molecule has 150 valence electrons. The number of benzene rings is 1. The zero-order valence-electron chi connectivity index (χ0n) is 16.1. The number of esters is 1. The number of hydrogen-bond donors (Lipinski definition) is 1. The van der Waals surface area contributed by atoms with Crippen molar-refractivity contribution in [3.63, 3.8) is 0 Å². The van der Waals surface area contributed by atoms with Crippen LogP contribution in [0.5, 0.6) is 0 Å². The van der Waals surface area contributed by atoms with Gasteiger partial charge < -0.3 is 9.84 Å². The number of ether oxygens (including phenoxy) is 1. The maximum Gasteiger partial charge on any atom is 0.338 e. The first-order valence-electron chi connectivity index (χ1n) is 9.39. The Balaban J connectivity index is 2.76. The van der Waals surface area contributed by atoms with Crippen LogP contribution in [-0.2, 0) is 20.7 Å². The fourth-order valence-corrected chi connectivity index (χ4v) is 3.07. The van der Waals surface area contributed by atoms with Gasteiger partial charge in [0.1, 0.15) is 5.78 Å². The summed E-state index contributed by atoms with van der Waals surface area (Å²) in [5.41, 5.74) is -2.13. The van der Waals surface area contributed by atoms with Crippen molar-refractivity contribution in [2.75, 3.05) is 7.11 Å². The van der Waals surface area contributed by atoms with Gasteiger partial charge in [0, 0.05) is 30.9 Å². The number of ketones is 1. The van der Waals surface area contributed by atoms with E-state index in [0.29, 0.717) is 6.42 Å². The number of aliphatic hydroxyl groups is 1. The summed E-state index contributed by atoms with van der Waals surface area (Å²) in [4.78, 5) is 35.0. The maximum atomic E-state index is 12.3. The van der Waals surface area contributed by atoms with E-state index in [1.165, 1.54) is 24.6 Å². The molecule has 0 aliphatic heterocycles. The number of rotatable bonds is 13. The van der Waals surface area contributed by atoms with Crippen LogP contribution in [0.15, 0.2) is 24.3 Å². The van der Waals surface area contributed by atoms with Crippen molar-refractivity contribution in [2.24, 2.45) is 0 Å². The van der Waals surface area contributed by atoms with Crippen LogP contribution >= 0.6 is 0 Å². The summed E-state index contributed by atoms with van der Waals surface area (Å²) in [7, 11) is 1.12. The van der Waals surface area contributed by atoms with Gasteiger partial charge in [-0.05, 0) is 6.42 Å². The molecule has 0 unspecified atom stereocenters. The Morgan fingerprint density at radius 2 is 1.78 bits per heavy atom. The minimum absolute atomic E-state index is 0.183. The van der Waals surface area contributed by atoms with Gasteiger partial charge in [0.2, 0.25) is 0 Å². The van der Waals surface area contributed by atoms with Gasteiger partial charge in [-0.1, -0.05) is 57.2 Å². The number of para-hydroxylation sites is 1. The third kappa shape index (κ3) is 7.46. The average molecular weight is 379 g/mol. The van der Waals surface area contributed by atoms with Crippen LogP contribution in [0.2, 0.25) is 0 Å². The Kier molecular flexibility index (Phi) is 9.64. The quantitative estimate of drug-likeness (QED) is 0.242. The third-order valence-electron chi connectivity index (χ3n) is 4.54. The molecule has 0 aliphatic rings. The van der Waals surface area contributed by atoms with Crippen LogP contribution < -0.4 is 0 Å². The summed E-state index contributed by atoms with van der Waals surface area (Å²) in [6.07, 6.45) is 5.63. The standard InChI is InChI=1S/C20H29NO6/c1-3-4-5-6-7-8-12-17(22)15-20(24,19(23)27-2)14-16-11-9-10-13-18(16)21(25)26/h9-11,13,24H,3-8,12,14-15H2,1-2H3/t20-/m1/s1. The summed E-state index contributed by atoms with van der Waals surface area (Å²) < 4.78 is 4.65. The summed E-state index contributed by atoms with van der Waals surface area (Å²) in [6, 6.07) is 5.84. The monoisotopic (exact) mass is 379 g/mol. The van der Waals surface area contributed by atoms with Gasteiger partial charge in [-0.3, -0.25) is 14.9 Å². The fourth-order valence-electron chi connectivity index (χ4n) is 3.07. The zero-order valence-corrected chi connectivity index (χ0v) is 16.1. The lowest BCUT2D eigenvalue weighted by Crippen LogP contribution is -2.44. The van der Waals surface area contributed by atoms with Gasteiger partial charge in [0.25, 0.3) is 5.69 Å². The third-order valence-corrected chi connectivity index (χ3v) is 4.54. The largest absolute Gasteiger partial charge is 0.467 e. The number of nitrogens with zero attached hydrogens (tertiary/aromatic N) is 1. The Morgan fingerprint density at radius 1 is 1.15 bits per heavy atom. The van der Waals surface area contributed by atoms with Crippen LogP contribution in [0.25, 0.3) is 0 Å². The van der Waals surface area contributed by atoms with E-state index in [-0.39, 0.29) is 29.9 Å². The second-order valence-corrected chi connectivity index (χ2v) is 6.82. The predicted octanol–water partition coefficient (Wildman–Crippen LogP) is 3.75. The van der Waals surface area contributed by atoms with E-state index in [0.717, 1.165) is 32.8 Å². The lowest BCUT2D eigenvalue weighted by molar-refractivity contribution is -0.385. The first-order chi connectivity index (χ1) is 12.8. The topological polar surface area (TPSA) is 107 Å². The normalized spacial score (nSPS) is 13.0. The Morgan fingerprint density at radius 3 is 2.41 bits per heavy atom. The highest BCUT2D eigenvalue weighted by molar-refractivity contribution is 5.89. The highest BCUT2D eigenvalue weighted by atomic mass is 16.6. The van der Waals surface area contributed by atoms with E-state index in [2.05, 4.69) is 11.7 Å². The summed E-state index contributed by atoms with van der Waals surface area (Å²) in [5, 5.41) is 21.9. The van der Waals surface area contributed by atoms with Crippen LogP contribution in [-0.4, -0.2) is 34.5 Å². The molecule has 1 aromatic rings. The molecule has 0 aromatic heterocycles. The highest BCUT2D eigenvalue weighted by Crippen LogP contribution is 2.27. The molecule has 1 aromatic carbocycles. The molecule has 1 atom stereocenters. The van der Waals surface area contributed by atoms with Crippen LogP contribution in [0, 0.1) is 10.1 Å². The summed E-state index contributed by atoms with van der Waals surface area (Å²) >= 11 is 0. The molecule has 0 bridgehead atoms. The van der Waals surface area contributed by atoms with E-state index in [4.69, 9.17) is 0 Å². The van der Waals surface area contributed by atoms with Crippen molar-refractivity contribution in [1.29, 1.82) is 0 Å². The number of Topliss-reactive ketones (excluding diaryl/α,β-unsaturated/α-hetero) is 1. The smallest absolute Gasteiger partial charge is 0.338 e. The molecule has 0 fully saturated rings.